The summed E-state index contributed by atoms with van der Waals surface area (Å²) in [7, 11) is 1.42. The van der Waals surface area contributed by atoms with Gasteiger partial charge in [0, 0.05) is 10.9 Å². The second-order valence-electron chi connectivity index (χ2n) is 3.65. The van der Waals surface area contributed by atoms with Gasteiger partial charge in [-0.05, 0) is 35.0 Å². The molecule has 0 atom stereocenters. The highest BCUT2D eigenvalue weighted by atomic mass is 79.9. The third-order valence-corrected chi connectivity index (χ3v) is 3.74. The van der Waals surface area contributed by atoms with Gasteiger partial charge < -0.3 is 4.74 Å². The summed E-state index contributed by atoms with van der Waals surface area (Å²) >= 11 is 4.56. The van der Waals surface area contributed by atoms with Crippen molar-refractivity contribution < 1.29 is 9.13 Å². The van der Waals surface area contributed by atoms with Crippen molar-refractivity contribution in [2.24, 2.45) is 5.10 Å². The van der Waals surface area contributed by atoms with E-state index in [4.69, 9.17) is 4.74 Å². The first kappa shape index (κ1) is 14.0. The average Bonchev–Trinajstić information content (AvgIpc) is 2.80. The summed E-state index contributed by atoms with van der Waals surface area (Å²) in [6, 6.07) is 3.32. The summed E-state index contributed by atoms with van der Waals surface area (Å²) < 4.78 is 19.1. The summed E-state index contributed by atoms with van der Waals surface area (Å²) in [4.78, 5) is 4.20. The van der Waals surface area contributed by atoms with Crippen molar-refractivity contribution in [3.8, 4) is 5.75 Å². The van der Waals surface area contributed by atoms with Crippen LogP contribution in [0, 0.1) is 12.7 Å². The van der Waals surface area contributed by atoms with Crippen molar-refractivity contribution in [1.82, 2.24) is 4.98 Å². The molecule has 0 fully saturated rings. The van der Waals surface area contributed by atoms with Crippen molar-refractivity contribution in [3.05, 3.63) is 39.1 Å². The minimum Gasteiger partial charge on any atom is -0.493 e. The third-order valence-electron chi connectivity index (χ3n) is 2.27. The molecular weight excluding hydrogens is 333 g/mol. The number of nitrogens with one attached hydrogen (secondary N) is 1. The van der Waals surface area contributed by atoms with E-state index >= 15 is 0 Å². The first-order valence-electron chi connectivity index (χ1n) is 5.35. The zero-order chi connectivity index (χ0) is 13.8. The summed E-state index contributed by atoms with van der Waals surface area (Å²) in [5.74, 6) is -0.299. The number of methoxy groups -OCH3 is 1. The molecule has 100 valence electrons. The number of anilines is 1. The molecule has 0 saturated carbocycles. The lowest BCUT2D eigenvalue weighted by atomic mass is 10.2. The molecule has 2 aromatic rings. The Hall–Kier alpha value is -1.47. The highest BCUT2D eigenvalue weighted by Gasteiger charge is 2.11. The van der Waals surface area contributed by atoms with Gasteiger partial charge >= 0.3 is 0 Å². The maximum Gasteiger partial charge on any atom is 0.203 e. The van der Waals surface area contributed by atoms with Gasteiger partial charge in [-0.1, -0.05) is 0 Å². The van der Waals surface area contributed by atoms with Crippen LogP contribution in [-0.2, 0) is 0 Å². The summed E-state index contributed by atoms with van der Waals surface area (Å²) in [6.07, 6.45) is 1.49. The monoisotopic (exact) mass is 343 g/mol. The van der Waals surface area contributed by atoms with E-state index in [9.17, 15) is 4.39 Å². The number of benzene rings is 1. The van der Waals surface area contributed by atoms with Crippen molar-refractivity contribution in [2.45, 2.75) is 6.92 Å². The van der Waals surface area contributed by atoms with Crippen LogP contribution in [0.4, 0.5) is 9.52 Å². The predicted octanol–water partition coefficient (Wildman–Crippen LogP) is 3.81. The number of hydrazone groups is 1. The lowest BCUT2D eigenvalue weighted by molar-refractivity contribution is 0.384. The number of halogens is 2. The number of hydrogen-bond acceptors (Lipinski definition) is 5. The highest BCUT2D eigenvalue weighted by Crippen LogP contribution is 2.27. The predicted molar refractivity (Wildman–Crippen MR) is 78.7 cm³/mol. The van der Waals surface area contributed by atoms with Crippen LogP contribution < -0.4 is 10.2 Å². The van der Waals surface area contributed by atoms with Crippen molar-refractivity contribution in [3.63, 3.8) is 0 Å². The zero-order valence-corrected chi connectivity index (χ0v) is 12.7. The Morgan fingerprint density at radius 3 is 2.95 bits per heavy atom. The lowest BCUT2D eigenvalue weighted by Gasteiger charge is -2.06. The van der Waals surface area contributed by atoms with Crippen LogP contribution in [0.3, 0.4) is 0 Å². The zero-order valence-electron chi connectivity index (χ0n) is 10.3. The van der Waals surface area contributed by atoms with E-state index in [2.05, 4.69) is 31.4 Å². The lowest BCUT2D eigenvalue weighted by Crippen LogP contribution is -1.97. The largest absolute Gasteiger partial charge is 0.493 e. The van der Waals surface area contributed by atoms with Gasteiger partial charge in [0.15, 0.2) is 11.6 Å². The summed E-state index contributed by atoms with van der Waals surface area (Å²) in [5, 5.41) is 6.62. The van der Waals surface area contributed by atoms with E-state index in [0.29, 0.717) is 15.2 Å². The second kappa shape index (κ2) is 6.12. The molecule has 1 aromatic heterocycles. The summed E-state index contributed by atoms with van der Waals surface area (Å²) in [5.41, 5.74) is 4.26. The third kappa shape index (κ3) is 3.30. The molecule has 1 N–H and O–H groups in total. The minimum absolute atomic E-state index is 0.148. The number of aromatic nitrogens is 1. The fourth-order valence-electron chi connectivity index (χ4n) is 1.42. The Morgan fingerprint density at radius 1 is 1.53 bits per heavy atom. The van der Waals surface area contributed by atoms with E-state index in [-0.39, 0.29) is 5.75 Å². The van der Waals surface area contributed by atoms with E-state index in [1.807, 2.05) is 12.3 Å². The molecule has 0 aliphatic heterocycles. The Kier molecular flexibility index (Phi) is 4.49. The number of aryl methyl sites for hydroxylation is 1. The van der Waals surface area contributed by atoms with Gasteiger partial charge in [-0.15, -0.1) is 11.3 Å². The molecule has 7 heteroatoms. The van der Waals surface area contributed by atoms with Crippen LogP contribution in [0.15, 0.2) is 27.1 Å². The van der Waals surface area contributed by atoms with E-state index in [1.54, 1.807) is 12.1 Å². The normalized spacial score (nSPS) is 10.9. The molecule has 0 aliphatic rings. The topological polar surface area (TPSA) is 46.5 Å². The molecule has 1 heterocycles. The van der Waals surface area contributed by atoms with Crippen LogP contribution in [0.5, 0.6) is 5.75 Å². The Morgan fingerprint density at radius 2 is 2.32 bits per heavy atom. The standard InChI is InChI=1S/C12H11BrFN3OS/c1-7-6-19-12(16-7)17-15-5-8-3-4-9(13)10(14)11(8)18-2/h3-6H,1-2H3,(H,16,17). The van der Waals surface area contributed by atoms with Crippen LogP contribution in [0.1, 0.15) is 11.3 Å². The van der Waals surface area contributed by atoms with Crippen molar-refractivity contribution in [1.29, 1.82) is 0 Å². The van der Waals surface area contributed by atoms with Gasteiger partial charge in [-0.25, -0.2) is 9.37 Å². The van der Waals surface area contributed by atoms with Gasteiger partial charge in [0.05, 0.1) is 23.5 Å². The molecule has 1 aromatic carbocycles. The SMILES string of the molecule is COc1c(C=NNc2nc(C)cs2)ccc(Br)c1F. The molecule has 0 saturated heterocycles. The number of thiazole rings is 1. The van der Waals surface area contributed by atoms with Crippen LogP contribution in [-0.4, -0.2) is 18.3 Å². The molecule has 4 nitrogen and oxygen atoms in total. The van der Waals surface area contributed by atoms with E-state index in [1.165, 1.54) is 24.7 Å². The Balaban J connectivity index is 2.17. The maximum atomic E-state index is 13.8. The van der Waals surface area contributed by atoms with Gasteiger partial charge in [0.2, 0.25) is 5.13 Å². The second-order valence-corrected chi connectivity index (χ2v) is 5.36. The Labute approximate surface area is 122 Å². The first-order chi connectivity index (χ1) is 9.11. The van der Waals surface area contributed by atoms with Gasteiger partial charge in [-0.2, -0.15) is 5.10 Å². The number of ether oxygens (including phenoxy) is 1. The molecule has 19 heavy (non-hydrogen) atoms. The molecule has 0 unspecified atom stereocenters. The quantitative estimate of drug-likeness (QED) is 0.678. The molecule has 0 spiro atoms. The Bertz CT molecular complexity index is 615. The first-order valence-corrected chi connectivity index (χ1v) is 7.02. The number of rotatable bonds is 4. The minimum atomic E-state index is -0.448. The summed E-state index contributed by atoms with van der Waals surface area (Å²) in [6.45, 7) is 1.90. The fraction of sp³-hybridized carbons (Fsp3) is 0.167. The van der Waals surface area contributed by atoms with E-state index in [0.717, 1.165) is 5.69 Å². The molecule has 0 bridgehead atoms. The smallest absolute Gasteiger partial charge is 0.203 e. The van der Waals surface area contributed by atoms with Crippen LogP contribution >= 0.6 is 27.3 Å². The van der Waals surface area contributed by atoms with Gasteiger partial charge in [0.25, 0.3) is 0 Å². The number of hydrogen-bond donors (Lipinski definition) is 1. The highest BCUT2D eigenvalue weighted by molar-refractivity contribution is 9.10. The number of nitrogens with zero attached hydrogens (tertiary/aromatic N) is 2. The molecule has 0 amide bonds. The fourth-order valence-corrected chi connectivity index (χ4v) is 2.37. The molecule has 2 rings (SSSR count). The molecule has 0 aliphatic carbocycles. The maximum absolute atomic E-state index is 13.8. The average molecular weight is 344 g/mol. The van der Waals surface area contributed by atoms with Gasteiger partial charge in [-0.3, -0.25) is 5.43 Å². The van der Waals surface area contributed by atoms with Crippen LogP contribution in [0.25, 0.3) is 0 Å². The van der Waals surface area contributed by atoms with Crippen molar-refractivity contribution in [2.75, 3.05) is 12.5 Å². The van der Waals surface area contributed by atoms with Crippen molar-refractivity contribution >= 4 is 38.6 Å². The molecular formula is C12H11BrFN3OS. The van der Waals surface area contributed by atoms with E-state index < -0.39 is 5.82 Å². The van der Waals surface area contributed by atoms with Crippen LogP contribution in [0.2, 0.25) is 0 Å². The molecule has 0 radical (unpaired) electrons. The van der Waals surface area contributed by atoms with Gasteiger partial charge in [0.1, 0.15) is 0 Å².